The number of hydrogen-bond donors (Lipinski definition) is 1. The molecule has 1 aromatic heterocycles. The Bertz CT molecular complexity index is 1200. The predicted octanol–water partition coefficient (Wildman–Crippen LogP) is 7.06. The minimum atomic E-state index is -4.43. The highest BCUT2D eigenvalue weighted by Crippen LogP contribution is 2.33. The largest absolute Gasteiger partial charge is 0.416 e. The third-order valence-electron chi connectivity index (χ3n) is 4.71. The normalized spacial score (nSPS) is 11.4. The Balaban J connectivity index is 1.49. The van der Waals surface area contributed by atoms with E-state index in [9.17, 15) is 18.0 Å². The Morgan fingerprint density at radius 3 is 2.13 bits per heavy atom. The van der Waals surface area contributed by atoms with Gasteiger partial charge in [-0.05, 0) is 43.3 Å². The molecule has 0 aliphatic heterocycles. The maximum Gasteiger partial charge on any atom is 0.416 e. The molecular formula is C24H17F3N2OS. The number of carbonyl (C=O) groups excluding carboxylic acids is 1. The number of aromatic nitrogens is 1. The van der Waals surface area contributed by atoms with Gasteiger partial charge in [0.05, 0.1) is 11.3 Å². The fourth-order valence-electron chi connectivity index (χ4n) is 3.09. The number of rotatable bonds is 4. The number of alkyl halides is 3. The van der Waals surface area contributed by atoms with Gasteiger partial charge < -0.3 is 5.32 Å². The Kier molecular flexibility index (Phi) is 5.61. The molecular weight excluding hydrogens is 421 g/mol. The van der Waals surface area contributed by atoms with Crippen LogP contribution in [0.15, 0.2) is 78.9 Å². The molecule has 0 fully saturated rings. The van der Waals surface area contributed by atoms with Crippen LogP contribution in [0, 0.1) is 6.92 Å². The summed E-state index contributed by atoms with van der Waals surface area (Å²) in [5.74, 6) is -0.474. The van der Waals surface area contributed by atoms with Crippen molar-refractivity contribution < 1.29 is 18.0 Å². The van der Waals surface area contributed by atoms with E-state index < -0.39 is 17.6 Å². The Labute approximate surface area is 181 Å². The number of thiazole rings is 1. The van der Waals surface area contributed by atoms with Crippen LogP contribution in [0.4, 0.5) is 18.9 Å². The molecule has 4 rings (SSSR count). The second kappa shape index (κ2) is 8.35. The van der Waals surface area contributed by atoms with Crippen LogP contribution in [0.2, 0.25) is 0 Å². The molecule has 1 N–H and O–H groups in total. The molecule has 3 nitrogen and oxygen atoms in total. The molecule has 3 aromatic carbocycles. The molecule has 4 aromatic rings. The fourth-order valence-corrected chi connectivity index (χ4v) is 4.03. The number of aryl methyl sites for hydroxylation is 1. The Morgan fingerprint density at radius 1 is 0.871 bits per heavy atom. The molecule has 0 bridgehead atoms. The maximum atomic E-state index is 12.7. The Morgan fingerprint density at radius 2 is 1.52 bits per heavy atom. The molecule has 0 saturated heterocycles. The van der Waals surface area contributed by atoms with Crippen molar-refractivity contribution in [2.75, 3.05) is 5.32 Å². The first-order valence-corrected chi connectivity index (χ1v) is 10.2. The molecule has 0 aliphatic carbocycles. The minimum absolute atomic E-state index is 0.153. The van der Waals surface area contributed by atoms with Gasteiger partial charge in [0.2, 0.25) is 0 Å². The van der Waals surface area contributed by atoms with E-state index in [0.29, 0.717) is 5.69 Å². The summed E-state index contributed by atoms with van der Waals surface area (Å²) in [6.07, 6.45) is -4.43. The molecule has 156 valence electrons. The Hall–Kier alpha value is -3.45. The molecule has 0 aliphatic rings. The van der Waals surface area contributed by atoms with Gasteiger partial charge in [-0.2, -0.15) is 13.2 Å². The summed E-state index contributed by atoms with van der Waals surface area (Å²) < 4.78 is 38.0. The van der Waals surface area contributed by atoms with Crippen molar-refractivity contribution in [2.24, 2.45) is 0 Å². The number of halogens is 3. The lowest BCUT2D eigenvalue weighted by molar-refractivity contribution is -0.137. The number of nitrogens with one attached hydrogen (secondary N) is 1. The topological polar surface area (TPSA) is 42.0 Å². The van der Waals surface area contributed by atoms with Gasteiger partial charge in [-0.25, -0.2) is 4.98 Å². The van der Waals surface area contributed by atoms with Gasteiger partial charge in [0, 0.05) is 27.3 Å². The van der Waals surface area contributed by atoms with Crippen LogP contribution in [0.25, 0.3) is 21.8 Å². The zero-order valence-corrected chi connectivity index (χ0v) is 17.2. The molecule has 0 spiro atoms. The SMILES string of the molecule is Cc1sc(-c2ccccc2)nc1-c1ccc(NC(=O)c2ccc(C(F)(F)F)cc2)cc1. The van der Waals surface area contributed by atoms with Crippen LogP contribution < -0.4 is 5.32 Å². The third-order valence-corrected chi connectivity index (χ3v) is 5.73. The van der Waals surface area contributed by atoms with Gasteiger partial charge in [-0.15, -0.1) is 11.3 Å². The van der Waals surface area contributed by atoms with Crippen molar-refractivity contribution in [3.63, 3.8) is 0 Å². The quantitative estimate of drug-likeness (QED) is 0.371. The van der Waals surface area contributed by atoms with Crippen LogP contribution in [-0.4, -0.2) is 10.9 Å². The van der Waals surface area contributed by atoms with E-state index in [-0.39, 0.29) is 5.56 Å². The standard InChI is InChI=1S/C24H17F3N2OS/c1-15-21(29-23(31-15)18-5-3-2-4-6-18)16-9-13-20(14-10-16)28-22(30)17-7-11-19(12-8-17)24(25,26)27/h2-14H,1H3,(H,28,30). The van der Waals surface area contributed by atoms with Crippen molar-refractivity contribution in [1.82, 2.24) is 4.98 Å². The molecule has 0 atom stereocenters. The summed E-state index contributed by atoms with van der Waals surface area (Å²) >= 11 is 1.62. The number of carbonyl (C=O) groups is 1. The van der Waals surface area contributed by atoms with Crippen molar-refractivity contribution in [2.45, 2.75) is 13.1 Å². The summed E-state index contributed by atoms with van der Waals surface area (Å²) in [4.78, 5) is 18.2. The third kappa shape index (κ3) is 4.67. The molecule has 1 amide bonds. The summed E-state index contributed by atoms with van der Waals surface area (Å²) in [5.41, 5.74) is 2.77. The highest BCUT2D eigenvalue weighted by Gasteiger charge is 2.30. The molecule has 0 radical (unpaired) electrons. The smallest absolute Gasteiger partial charge is 0.322 e. The monoisotopic (exact) mass is 438 g/mol. The van der Waals surface area contributed by atoms with E-state index in [1.807, 2.05) is 49.4 Å². The average Bonchev–Trinajstić information content (AvgIpc) is 3.16. The van der Waals surface area contributed by atoms with Gasteiger partial charge >= 0.3 is 6.18 Å². The van der Waals surface area contributed by atoms with Crippen molar-refractivity contribution in [1.29, 1.82) is 0 Å². The fraction of sp³-hybridized carbons (Fsp3) is 0.0833. The first-order valence-electron chi connectivity index (χ1n) is 9.43. The summed E-state index contributed by atoms with van der Waals surface area (Å²) in [6.45, 7) is 2.01. The van der Waals surface area contributed by atoms with Crippen molar-refractivity contribution >= 4 is 22.9 Å². The van der Waals surface area contributed by atoms with Crippen LogP contribution in [0.5, 0.6) is 0 Å². The summed E-state index contributed by atoms with van der Waals surface area (Å²) in [6, 6.07) is 21.3. The van der Waals surface area contributed by atoms with Gasteiger partial charge in [-0.1, -0.05) is 42.5 Å². The second-order valence-electron chi connectivity index (χ2n) is 6.90. The predicted molar refractivity (Wildman–Crippen MR) is 117 cm³/mol. The number of amides is 1. The van der Waals surface area contributed by atoms with E-state index in [0.717, 1.165) is 51.0 Å². The molecule has 7 heteroatoms. The van der Waals surface area contributed by atoms with Crippen molar-refractivity contribution in [3.05, 3.63) is 94.9 Å². The number of benzene rings is 3. The lowest BCUT2D eigenvalue weighted by Gasteiger charge is -2.09. The number of hydrogen-bond acceptors (Lipinski definition) is 3. The summed E-state index contributed by atoms with van der Waals surface area (Å²) in [7, 11) is 0. The highest BCUT2D eigenvalue weighted by molar-refractivity contribution is 7.15. The highest BCUT2D eigenvalue weighted by atomic mass is 32.1. The van der Waals surface area contributed by atoms with E-state index >= 15 is 0 Å². The van der Waals surface area contributed by atoms with Crippen LogP contribution in [0.3, 0.4) is 0 Å². The number of nitrogens with zero attached hydrogens (tertiary/aromatic N) is 1. The zero-order valence-electron chi connectivity index (χ0n) is 16.4. The van der Waals surface area contributed by atoms with Crippen molar-refractivity contribution in [3.8, 4) is 21.8 Å². The lowest BCUT2D eigenvalue weighted by Crippen LogP contribution is -2.12. The summed E-state index contributed by atoms with van der Waals surface area (Å²) in [5, 5.41) is 3.64. The first kappa shape index (κ1) is 20.8. The van der Waals surface area contributed by atoms with Gasteiger partial charge in [0.1, 0.15) is 5.01 Å². The lowest BCUT2D eigenvalue weighted by atomic mass is 10.1. The van der Waals surface area contributed by atoms with Crippen LogP contribution in [0.1, 0.15) is 20.8 Å². The second-order valence-corrected chi connectivity index (χ2v) is 8.10. The number of anilines is 1. The first-order chi connectivity index (χ1) is 14.8. The van der Waals surface area contributed by atoms with E-state index in [2.05, 4.69) is 5.32 Å². The van der Waals surface area contributed by atoms with Gasteiger partial charge in [-0.3, -0.25) is 4.79 Å². The molecule has 31 heavy (non-hydrogen) atoms. The van der Waals surface area contributed by atoms with Gasteiger partial charge in [0.25, 0.3) is 5.91 Å². The van der Waals surface area contributed by atoms with Crippen LogP contribution in [-0.2, 0) is 6.18 Å². The van der Waals surface area contributed by atoms with Crippen LogP contribution >= 0.6 is 11.3 Å². The van der Waals surface area contributed by atoms with Gasteiger partial charge in [0.15, 0.2) is 0 Å². The minimum Gasteiger partial charge on any atom is -0.322 e. The zero-order chi connectivity index (χ0) is 22.0. The molecule has 1 heterocycles. The van der Waals surface area contributed by atoms with E-state index in [4.69, 9.17) is 4.98 Å². The average molecular weight is 438 g/mol. The molecule has 0 saturated carbocycles. The maximum absolute atomic E-state index is 12.7. The van der Waals surface area contributed by atoms with E-state index in [1.54, 1.807) is 23.5 Å². The van der Waals surface area contributed by atoms with E-state index in [1.165, 1.54) is 0 Å². The molecule has 0 unspecified atom stereocenters.